The Hall–Kier alpha value is -3.22. The summed E-state index contributed by atoms with van der Waals surface area (Å²) in [4.78, 5) is 23.6. The van der Waals surface area contributed by atoms with Crippen molar-refractivity contribution >= 4 is 5.82 Å². The molecule has 3 heterocycles. The summed E-state index contributed by atoms with van der Waals surface area (Å²) in [5.41, 5.74) is 3.96. The predicted molar refractivity (Wildman–Crippen MR) is 106 cm³/mol. The van der Waals surface area contributed by atoms with Crippen LogP contribution in [0.25, 0.3) is 11.3 Å². The Balaban J connectivity index is 1.41. The van der Waals surface area contributed by atoms with Gasteiger partial charge in [-0.2, -0.15) is 5.10 Å². The SMILES string of the molecule is COc1ccccc1-c1ccc(=O)n(C2CN(c3ncnc4c3CCC4)C2)n1. The van der Waals surface area contributed by atoms with Gasteiger partial charge in [0.1, 0.15) is 17.9 Å². The van der Waals surface area contributed by atoms with Crippen molar-refractivity contribution in [2.75, 3.05) is 25.1 Å². The summed E-state index contributed by atoms with van der Waals surface area (Å²) in [7, 11) is 1.64. The molecule has 0 radical (unpaired) electrons. The molecular formula is C21H21N5O2. The van der Waals surface area contributed by atoms with E-state index in [9.17, 15) is 4.79 Å². The Bertz CT molecular complexity index is 1090. The summed E-state index contributed by atoms with van der Waals surface area (Å²) >= 11 is 0. The highest BCUT2D eigenvalue weighted by Crippen LogP contribution is 2.33. The molecule has 1 aromatic carbocycles. The maximum atomic E-state index is 12.4. The van der Waals surface area contributed by atoms with E-state index in [4.69, 9.17) is 4.74 Å². The highest BCUT2D eigenvalue weighted by atomic mass is 16.5. The van der Waals surface area contributed by atoms with E-state index >= 15 is 0 Å². The first-order chi connectivity index (χ1) is 13.7. The minimum absolute atomic E-state index is 0.0363. The Morgan fingerprint density at radius 3 is 2.79 bits per heavy atom. The molecule has 0 N–H and O–H groups in total. The second-order valence-corrected chi connectivity index (χ2v) is 7.24. The van der Waals surface area contributed by atoms with Gasteiger partial charge >= 0.3 is 0 Å². The lowest BCUT2D eigenvalue weighted by atomic mass is 10.1. The van der Waals surface area contributed by atoms with Crippen LogP contribution in [0, 0.1) is 0 Å². The molecule has 0 bridgehead atoms. The van der Waals surface area contributed by atoms with Crippen molar-refractivity contribution in [1.82, 2.24) is 19.7 Å². The molecule has 1 fully saturated rings. The highest BCUT2D eigenvalue weighted by Gasteiger charge is 2.33. The van der Waals surface area contributed by atoms with Crippen LogP contribution in [0.1, 0.15) is 23.7 Å². The number of ether oxygens (including phenoxy) is 1. The number of para-hydroxylation sites is 1. The van der Waals surface area contributed by atoms with Crippen LogP contribution in [0.4, 0.5) is 5.82 Å². The molecule has 0 spiro atoms. The van der Waals surface area contributed by atoms with Crippen LogP contribution in [-0.4, -0.2) is 39.9 Å². The van der Waals surface area contributed by atoms with Crippen LogP contribution in [-0.2, 0) is 12.8 Å². The van der Waals surface area contributed by atoms with Gasteiger partial charge in [0.05, 0.1) is 18.8 Å². The summed E-state index contributed by atoms with van der Waals surface area (Å²) in [5.74, 6) is 1.76. The van der Waals surface area contributed by atoms with E-state index in [2.05, 4.69) is 20.0 Å². The first-order valence-electron chi connectivity index (χ1n) is 9.55. The van der Waals surface area contributed by atoms with Crippen molar-refractivity contribution in [3.63, 3.8) is 0 Å². The number of rotatable bonds is 4. The maximum Gasteiger partial charge on any atom is 0.267 e. The number of methoxy groups -OCH3 is 1. The molecule has 2 aromatic heterocycles. The smallest absolute Gasteiger partial charge is 0.267 e. The van der Waals surface area contributed by atoms with Crippen molar-refractivity contribution in [3.8, 4) is 17.0 Å². The van der Waals surface area contributed by atoms with E-state index in [1.165, 1.54) is 11.3 Å². The molecule has 142 valence electrons. The first-order valence-corrected chi connectivity index (χ1v) is 9.55. The number of aryl methyl sites for hydroxylation is 1. The molecule has 28 heavy (non-hydrogen) atoms. The molecule has 1 saturated heterocycles. The molecule has 1 aliphatic heterocycles. The van der Waals surface area contributed by atoms with Gasteiger partial charge in [0, 0.05) is 36.0 Å². The van der Waals surface area contributed by atoms with E-state index in [-0.39, 0.29) is 11.6 Å². The number of anilines is 1. The third-order valence-electron chi connectivity index (χ3n) is 5.57. The van der Waals surface area contributed by atoms with Crippen LogP contribution in [0.15, 0.2) is 47.5 Å². The molecule has 0 unspecified atom stereocenters. The molecule has 1 aliphatic carbocycles. The Morgan fingerprint density at radius 1 is 1.07 bits per heavy atom. The molecule has 0 atom stereocenters. The molecule has 0 saturated carbocycles. The van der Waals surface area contributed by atoms with Crippen molar-refractivity contribution in [2.45, 2.75) is 25.3 Å². The summed E-state index contributed by atoms with van der Waals surface area (Å²) in [6, 6.07) is 11.1. The van der Waals surface area contributed by atoms with Gasteiger partial charge in [-0.3, -0.25) is 4.79 Å². The fourth-order valence-corrected chi connectivity index (χ4v) is 4.08. The highest BCUT2D eigenvalue weighted by molar-refractivity contribution is 5.66. The van der Waals surface area contributed by atoms with Gasteiger partial charge in [0.25, 0.3) is 5.56 Å². The maximum absolute atomic E-state index is 12.4. The Kier molecular flexibility index (Phi) is 4.07. The van der Waals surface area contributed by atoms with E-state index < -0.39 is 0 Å². The molecule has 7 heteroatoms. The van der Waals surface area contributed by atoms with Gasteiger partial charge in [-0.1, -0.05) is 12.1 Å². The first kappa shape index (κ1) is 16.9. The normalized spacial score (nSPS) is 16.0. The van der Waals surface area contributed by atoms with Crippen LogP contribution in [0.2, 0.25) is 0 Å². The van der Waals surface area contributed by atoms with Crippen molar-refractivity contribution in [1.29, 1.82) is 0 Å². The van der Waals surface area contributed by atoms with Gasteiger partial charge in [-0.15, -0.1) is 0 Å². The number of benzene rings is 1. The number of aromatic nitrogens is 4. The summed E-state index contributed by atoms with van der Waals surface area (Å²) in [6.45, 7) is 1.46. The van der Waals surface area contributed by atoms with E-state index in [0.717, 1.165) is 55.2 Å². The van der Waals surface area contributed by atoms with Gasteiger partial charge in [0.2, 0.25) is 0 Å². The van der Waals surface area contributed by atoms with Crippen molar-refractivity contribution < 1.29 is 4.74 Å². The Labute approximate surface area is 162 Å². The summed E-state index contributed by atoms with van der Waals surface area (Å²) in [5, 5.41) is 4.64. The third-order valence-corrected chi connectivity index (χ3v) is 5.57. The standard InChI is InChI=1S/C21H21N5O2/c1-28-19-8-3-2-5-15(19)18-9-10-20(27)26(24-18)14-11-25(12-14)21-16-6-4-7-17(16)22-13-23-21/h2-3,5,8-10,13-14H,4,6-7,11-12H2,1H3. The van der Waals surface area contributed by atoms with Crippen LogP contribution in [0.5, 0.6) is 5.75 Å². The molecule has 0 amide bonds. The lowest BCUT2D eigenvalue weighted by molar-refractivity contribution is 0.352. The zero-order valence-electron chi connectivity index (χ0n) is 15.7. The second-order valence-electron chi connectivity index (χ2n) is 7.24. The number of hydrogen-bond acceptors (Lipinski definition) is 6. The Morgan fingerprint density at radius 2 is 1.93 bits per heavy atom. The number of nitrogens with zero attached hydrogens (tertiary/aromatic N) is 5. The molecular weight excluding hydrogens is 354 g/mol. The fraction of sp³-hybridized carbons (Fsp3) is 0.333. The average molecular weight is 375 g/mol. The van der Waals surface area contributed by atoms with E-state index in [0.29, 0.717) is 0 Å². The fourth-order valence-electron chi connectivity index (χ4n) is 4.08. The van der Waals surface area contributed by atoms with Gasteiger partial charge in [0.15, 0.2) is 0 Å². The van der Waals surface area contributed by atoms with Gasteiger partial charge in [-0.25, -0.2) is 14.6 Å². The molecule has 7 nitrogen and oxygen atoms in total. The lowest BCUT2D eigenvalue weighted by Gasteiger charge is -2.40. The van der Waals surface area contributed by atoms with Crippen LogP contribution in [0.3, 0.4) is 0 Å². The number of hydrogen-bond donors (Lipinski definition) is 0. The largest absolute Gasteiger partial charge is 0.496 e. The zero-order chi connectivity index (χ0) is 19.1. The zero-order valence-corrected chi connectivity index (χ0v) is 15.7. The van der Waals surface area contributed by atoms with Crippen LogP contribution < -0.4 is 15.2 Å². The van der Waals surface area contributed by atoms with Gasteiger partial charge < -0.3 is 9.64 Å². The lowest BCUT2D eigenvalue weighted by Crippen LogP contribution is -2.51. The predicted octanol–water partition coefficient (Wildman–Crippen LogP) is 2.26. The van der Waals surface area contributed by atoms with Crippen LogP contribution >= 0.6 is 0 Å². The van der Waals surface area contributed by atoms with E-state index in [1.54, 1.807) is 30.3 Å². The summed E-state index contributed by atoms with van der Waals surface area (Å²) < 4.78 is 7.04. The summed E-state index contributed by atoms with van der Waals surface area (Å²) in [6.07, 6.45) is 4.86. The second kappa shape index (κ2) is 6.74. The number of fused-ring (bicyclic) bond motifs is 1. The molecule has 2 aliphatic rings. The average Bonchev–Trinajstić information content (AvgIpc) is 3.18. The van der Waals surface area contributed by atoms with Crippen molar-refractivity contribution in [3.05, 3.63) is 64.3 Å². The quantitative estimate of drug-likeness (QED) is 0.696. The topological polar surface area (TPSA) is 73.1 Å². The minimum Gasteiger partial charge on any atom is -0.496 e. The van der Waals surface area contributed by atoms with Gasteiger partial charge in [-0.05, 0) is 37.5 Å². The molecule has 3 aromatic rings. The van der Waals surface area contributed by atoms with E-state index in [1.807, 2.05) is 24.3 Å². The molecule has 5 rings (SSSR count). The monoisotopic (exact) mass is 375 g/mol. The third kappa shape index (κ3) is 2.74. The van der Waals surface area contributed by atoms with Crippen molar-refractivity contribution in [2.24, 2.45) is 0 Å². The minimum atomic E-state index is -0.0868.